The van der Waals surface area contributed by atoms with E-state index in [0.717, 1.165) is 43.2 Å². The molecule has 2 aliphatic carbocycles. The van der Waals surface area contributed by atoms with Crippen LogP contribution in [0.4, 0.5) is 0 Å². The van der Waals surface area contributed by atoms with E-state index in [4.69, 9.17) is 0 Å². The van der Waals surface area contributed by atoms with Gasteiger partial charge in [0.25, 0.3) is 0 Å². The number of fused-ring (bicyclic) bond motifs is 1. The Morgan fingerprint density at radius 3 is 2.79 bits per heavy atom. The summed E-state index contributed by atoms with van der Waals surface area (Å²) >= 11 is 1.87. The molecular weight excluding hydrogens is 254 g/mol. The predicted octanol–water partition coefficient (Wildman–Crippen LogP) is 3.23. The summed E-state index contributed by atoms with van der Waals surface area (Å²) < 4.78 is 0. The molecule has 3 nitrogen and oxygen atoms in total. The van der Waals surface area contributed by atoms with Crippen molar-refractivity contribution in [3.8, 4) is 0 Å². The molecule has 0 radical (unpaired) electrons. The van der Waals surface area contributed by atoms with Gasteiger partial charge in [0, 0.05) is 12.3 Å². The molecule has 2 atom stereocenters. The summed E-state index contributed by atoms with van der Waals surface area (Å²) in [6, 6.07) is 0. The van der Waals surface area contributed by atoms with Gasteiger partial charge < -0.3 is 5.32 Å². The van der Waals surface area contributed by atoms with Crippen molar-refractivity contribution in [3.63, 3.8) is 0 Å². The number of aryl methyl sites for hydroxylation is 1. The molecule has 1 aromatic heterocycles. The number of nitrogens with one attached hydrogen (secondary N) is 1. The number of hydrogen-bond donors (Lipinski definition) is 1. The Morgan fingerprint density at radius 2 is 2.05 bits per heavy atom. The third-order valence-corrected chi connectivity index (χ3v) is 5.56. The van der Waals surface area contributed by atoms with Crippen molar-refractivity contribution in [3.05, 3.63) is 10.0 Å². The van der Waals surface area contributed by atoms with E-state index in [2.05, 4.69) is 29.4 Å². The first kappa shape index (κ1) is 13.5. The van der Waals surface area contributed by atoms with Gasteiger partial charge in [0.1, 0.15) is 10.0 Å². The maximum absolute atomic E-state index is 4.44. The average molecular weight is 279 g/mol. The van der Waals surface area contributed by atoms with Crippen molar-refractivity contribution in [2.24, 2.45) is 17.8 Å². The molecule has 0 saturated heterocycles. The highest BCUT2D eigenvalue weighted by Gasteiger charge is 2.54. The first-order valence-corrected chi connectivity index (χ1v) is 8.60. The number of nitrogens with zero attached hydrogens (tertiary/aromatic N) is 2. The summed E-state index contributed by atoms with van der Waals surface area (Å²) in [5.41, 5.74) is 0. The minimum Gasteiger partial charge on any atom is -0.316 e. The van der Waals surface area contributed by atoms with Gasteiger partial charge in [-0.2, -0.15) is 0 Å². The second-order valence-electron chi connectivity index (χ2n) is 6.52. The normalized spacial score (nSPS) is 28.9. The van der Waals surface area contributed by atoms with Crippen molar-refractivity contribution in [2.75, 3.05) is 13.1 Å². The standard InChI is InChI=1S/C15H25N3S/c1-10(2)9-16-8-4-7-13-17-18-15(19-13)14-11-5-3-6-12(11)14/h10-12,14,16H,3-9H2,1-2H3. The molecular formula is C15H25N3S. The van der Waals surface area contributed by atoms with Gasteiger partial charge in [0.2, 0.25) is 0 Å². The fraction of sp³-hybridized carbons (Fsp3) is 0.867. The predicted molar refractivity (Wildman–Crippen MR) is 79.5 cm³/mol. The van der Waals surface area contributed by atoms with Crippen LogP contribution in [0.5, 0.6) is 0 Å². The van der Waals surface area contributed by atoms with Crippen LogP contribution in [0, 0.1) is 17.8 Å². The van der Waals surface area contributed by atoms with E-state index in [1.165, 1.54) is 35.7 Å². The first-order chi connectivity index (χ1) is 9.25. The largest absolute Gasteiger partial charge is 0.316 e. The Kier molecular flexibility index (Phi) is 4.18. The van der Waals surface area contributed by atoms with Crippen LogP contribution in [0.2, 0.25) is 0 Å². The molecule has 1 heterocycles. The van der Waals surface area contributed by atoms with E-state index >= 15 is 0 Å². The Bertz CT molecular complexity index is 405. The molecule has 1 aromatic rings. The fourth-order valence-electron chi connectivity index (χ4n) is 3.45. The number of hydrogen-bond acceptors (Lipinski definition) is 4. The van der Waals surface area contributed by atoms with E-state index < -0.39 is 0 Å². The minimum atomic E-state index is 0.738. The lowest BCUT2D eigenvalue weighted by Crippen LogP contribution is -2.21. The van der Waals surface area contributed by atoms with Crippen LogP contribution in [0.25, 0.3) is 0 Å². The summed E-state index contributed by atoms with van der Waals surface area (Å²) in [5, 5.41) is 14.9. The quantitative estimate of drug-likeness (QED) is 0.779. The van der Waals surface area contributed by atoms with Crippen LogP contribution in [-0.2, 0) is 6.42 Å². The molecule has 0 aliphatic heterocycles. The SMILES string of the molecule is CC(C)CNCCCc1nnc(C2C3CCCC32)s1. The van der Waals surface area contributed by atoms with E-state index in [1.807, 2.05) is 11.3 Å². The van der Waals surface area contributed by atoms with Crippen molar-refractivity contribution in [2.45, 2.75) is 51.9 Å². The van der Waals surface area contributed by atoms with Gasteiger partial charge in [-0.3, -0.25) is 0 Å². The molecule has 0 amide bonds. The lowest BCUT2D eigenvalue weighted by molar-refractivity contribution is 0.542. The van der Waals surface area contributed by atoms with Gasteiger partial charge >= 0.3 is 0 Å². The van der Waals surface area contributed by atoms with Gasteiger partial charge in [-0.15, -0.1) is 21.5 Å². The zero-order valence-corrected chi connectivity index (χ0v) is 12.9. The smallest absolute Gasteiger partial charge is 0.121 e. The van der Waals surface area contributed by atoms with Crippen LogP contribution >= 0.6 is 11.3 Å². The summed E-state index contributed by atoms with van der Waals surface area (Å²) in [6.07, 6.45) is 6.58. The number of rotatable bonds is 7. The maximum atomic E-state index is 4.44. The van der Waals surface area contributed by atoms with Gasteiger partial charge in [-0.25, -0.2) is 0 Å². The first-order valence-electron chi connectivity index (χ1n) is 7.78. The summed E-state index contributed by atoms with van der Waals surface area (Å²) in [4.78, 5) is 0. The van der Waals surface area contributed by atoms with Gasteiger partial charge in [-0.05, 0) is 50.1 Å². The number of aromatic nitrogens is 2. The molecule has 2 aliphatic rings. The average Bonchev–Trinajstić information content (AvgIpc) is 2.81. The lowest BCUT2D eigenvalue weighted by Gasteiger charge is -2.05. The molecule has 2 fully saturated rings. The monoisotopic (exact) mass is 279 g/mol. The van der Waals surface area contributed by atoms with Gasteiger partial charge in [0.05, 0.1) is 0 Å². The van der Waals surface area contributed by atoms with Crippen LogP contribution in [0.1, 0.15) is 55.5 Å². The van der Waals surface area contributed by atoms with Crippen molar-refractivity contribution >= 4 is 11.3 Å². The summed E-state index contributed by atoms with van der Waals surface area (Å²) in [5.74, 6) is 3.46. The zero-order chi connectivity index (χ0) is 13.2. The minimum absolute atomic E-state index is 0.738. The van der Waals surface area contributed by atoms with E-state index in [9.17, 15) is 0 Å². The van der Waals surface area contributed by atoms with Crippen molar-refractivity contribution < 1.29 is 0 Å². The maximum Gasteiger partial charge on any atom is 0.121 e. The Morgan fingerprint density at radius 1 is 1.26 bits per heavy atom. The molecule has 1 N–H and O–H groups in total. The van der Waals surface area contributed by atoms with E-state index in [0.29, 0.717) is 0 Å². The molecule has 106 valence electrons. The highest BCUT2D eigenvalue weighted by atomic mass is 32.1. The van der Waals surface area contributed by atoms with Crippen molar-refractivity contribution in [1.82, 2.24) is 15.5 Å². The van der Waals surface area contributed by atoms with E-state index in [-0.39, 0.29) is 0 Å². The van der Waals surface area contributed by atoms with E-state index in [1.54, 1.807) is 0 Å². The Balaban J connectivity index is 1.39. The summed E-state index contributed by atoms with van der Waals surface area (Å²) in [6.45, 7) is 6.71. The molecule has 0 spiro atoms. The van der Waals surface area contributed by atoms with Gasteiger partial charge in [-0.1, -0.05) is 20.3 Å². The molecule has 19 heavy (non-hydrogen) atoms. The molecule has 4 heteroatoms. The van der Waals surface area contributed by atoms with Crippen LogP contribution in [-0.4, -0.2) is 23.3 Å². The second-order valence-corrected chi connectivity index (χ2v) is 7.61. The summed E-state index contributed by atoms with van der Waals surface area (Å²) in [7, 11) is 0. The zero-order valence-electron chi connectivity index (χ0n) is 12.1. The molecule has 0 bridgehead atoms. The van der Waals surface area contributed by atoms with Crippen molar-refractivity contribution in [1.29, 1.82) is 0 Å². The third-order valence-electron chi connectivity index (χ3n) is 4.47. The van der Waals surface area contributed by atoms with Crippen LogP contribution < -0.4 is 5.32 Å². The lowest BCUT2D eigenvalue weighted by atomic mass is 10.1. The fourth-order valence-corrected chi connectivity index (χ4v) is 4.58. The molecule has 2 saturated carbocycles. The molecule has 2 unspecified atom stereocenters. The Labute approximate surface area is 120 Å². The highest BCUT2D eigenvalue weighted by Crippen LogP contribution is 2.63. The topological polar surface area (TPSA) is 37.8 Å². The third kappa shape index (κ3) is 3.16. The van der Waals surface area contributed by atoms with Crippen LogP contribution in [0.15, 0.2) is 0 Å². The molecule has 3 rings (SSSR count). The van der Waals surface area contributed by atoms with Gasteiger partial charge in [0.15, 0.2) is 0 Å². The second kappa shape index (κ2) is 5.88. The Hall–Kier alpha value is -0.480. The highest BCUT2D eigenvalue weighted by molar-refractivity contribution is 7.11. The van der Waals surface area contributed by atoms with Crippen LogP contribution in [0.3, 0.4) is 0 Å². The molecule has 0 aromatic carbocycles.